The first kappa shape index (κ1) is 20.9. The van der Waals surface area contributed by atoms with Crippen LogP contribution >= 0.6 is 11.6 Å². The summed E-state index contributed by atoms with van der Waals surface area (Å²) in [5, 5.41) is 3.21. The van der Waals surface area contributed by atoms with Gasteiger partial charge in [-0.1, -0.05) is 66.2 Å². The lowest BCUT2D eigenvalue weighted by Crippen LogP contribution is -2.39. The largest absolute Gasteiger partial charge is 0.321 e. The fourth-order valence-electron chi connectivity index (χ4n) is 3.55. The van der Waals surface area contributed by atoms with Crippen LogP contribution in [-0.4, -0.2) is 20.9 Å². The molecule has 4 rings (SSSR count). The second-order valence-electron chi connectivity index (χ2n) is 6.87. The smallest absolute Gasteiger partial charge is 0.270 e. The summed E-state index contributed by atoms with van der Waals surface area (Å²) in [5.74, 6) is -0.718. The molecule has 1 amide bonds. The van der Waals surface area contributed by atoms with E-state index in [4.69, 9.17) is 11.6 Å². The molecule has 5 nitrogen and oxygen atoms in total. The number of carbonyl (C=O) groups is 1. The molecule has 0 saturated heterocycles. The van der Waals surface area contributed by atoms with E-state index < -0.39 is 15.9 Å². The number of hydrogen-bond acceptors (Lipinski definition) is 3. The van der Waals surface area contributed by atoms with E-state index in [0.717, 1.165) is 0 Å². The van der Waals surface area contributed by atoms with Gasteiger partial charge in [0.05, 0.1) is 12.2 Å². The second-order valence-corrected chi connectivity index (χ2v) is 9.11. The minimum Gasteiger partial charge on any atom is -0.321 e. The van der Waals surface area contributed by atoms with E-state index in [9.17, 15) is 13.2 Å². The second kappa shape index (κ2) is 8.41. The van der Waals surface area contributed by atoms with E-state index in [1.54, 1.807) is 48.5 Å². The van der Waals surface area contributed by atoms with Crippen LogP contribution in [0.4, 0.5) is 11.4 Å². The molecule has 1 heterocycles. The van der Waals surface area contributed by atoms with Gasteiger partial charge in [-0.2, -0.15) is 0 Å². The number of anilines is 2. The Labute approximate surface area is 186 Å². The van der Waals surface area contributed by atoms with Gasteiger partial charge in [0, 0.05) is 21.8 Å². The number of para-hydroxylation sites is 1. The molecule has 0 aromatic heterocycles. The number of benzene rings is 3. The van der Waals surface area contributed by atoms with Crippen LogP contribution in [0.15, 0.2) is 96.4 Å². The number of amides is 1. The van der Waals surface area contributed by atoms with Gasteiger partial charge in [-0.3, -0.25) is 9.10 Å². The van der Waals surface area contributed by atoms with Gasteiger partial charge in [0.2, 0.25) is 0 Å². The summed E-state index contributed by atoms with van der Waals surface area (Å²) in [6, 6.07) is 22.7. The molecule has 156 valence electrons. The van der Waals surface area contributed by atoms with Gasteiger partial charge >= 0.3 is 0 Å². The third-order valence-electron chi connectivity index (χ3n) is 4.88. The highest BCUT2D eigenvalue weighted by Crippen LogP contribution is 2.42. The van der Waals surface area contributed by atoms with E-state index in [1.165, 1.54) is 10.4 Å². The van der Waals surface area contributed by atoms with Crippen LogP contribution in [0.1, 0.15) is 11.1 Å². The average Bonchev–Trinajstić information content (AvgIpc) is 2.77. The zero-order valence-corrected chi connectivity index (χ0v) is 18.0. The zero-order valence-electron chi connectivity index (χ0n) is 16.5. The Morgan fingerprint density at radius 1 is 0.968 bits per heavy atom. The molecule has 0 aliphatic carbocycles. The molecule has 0 bridgehead atoms. The molecule has 0 saturated carbocycles. The monoisotopic (exact) mass is 450 g/mol. The van der Waals surface area contributed by atoms with E-state index in [2.05, 4.69) is 11.9 Å². The van der Waals surface area contributed by atoms with Crippen molar-refractivity contribution in [3.63, 3.8) is 0 Å². The summed E-state index contributed by atoms with van der Waals surface area (Å²) < 4.78 is 28.6. The number of sulfonamides is 1. The van der Waals surface area contributed by atoms with Crippen molar-refractivity contribution in [3.05, 3.63) is 113 Å². The van der Waals surface area contributed by atoms with Crippen LogP contribution in [0.25, 0.3) is 5.57 Å². The molecule has 3 aromatic carbocycles. The molecule has 7 heteroatoms. The van der Waals surface area contributed by atoms with Gasteiger partial charge < -0.3 is 5.32 Å². The lowest BCUT2D eigenvalue weighted by Gasteiger charge is -2.32. The van der Waals surface area contributed by atoms with Crippen molar-refractivity contribution < 1.29 is 13.2 Å². The van der Waals surface area contributed by atoms with Gasteiger partial charge in [0.1, 0.15) is 0 Å². The number of nitrogens with zero attached hydrogens (tertiary/aromatic N) is 1. The van der Waals surface area contributed by atoms with Crippen molar-refractivity contribution in [1.82, 2.24) is 0 Å². The quantitative estimate of drug-likeness (QED) is 0.551. The average molecular weight is 451 g/mol. The fourth-order valence-corrected chi connectivity index (χ4v) is 5.39. The van der Waals surface area contributed by atoms with Crippen molar-refractivity contribution in [1.29, 1.82) is 0 Å². The van der Waals surface area contributed by atoms with Crippen LogP contribution in [0.5, 0.6) is 0 Å². The van der Waals surface area contributed by atoms with Crippen molar-refractivity contribution in [2.75, 3.05) is 16.2 Å². The van der Waals surface area contributed by atoms with Crippen molar-refractivity contribution in [2.24, 2.45) is 0 Å². The van der Waals surface area contributed by atoms with E-state index in [-0.39, 0.29) is 11.4 Å². The third-order valence-corrected chi connectivity index (χ3v) is 6.97. The first-order valence-corrected chi connectivity index (χ1v) is 11.3. The Morgan fingerprint density at radius 2 is 1.61 bits per heavy atom. The fraction of sp³-hybridized carbons (Fsp3) is 0.0417. The van der Waals surface area contributed by atoms with Crippen LogP contribution in [0.2, 0.25) is 5.02 Å². The number of nitrogens with one attached hydrogen (secondary N) is 1. The Bertz CT molecular complexity index is 1280. The van der Waals surface area contributed by atoms with Crippen LogP contribution in [-0.2, 0) is 14.8 Å². The summed E-state index contributed by atoms with van der Waals surface area (Å²) in [7, 11) is -4.16. The van der Waals surface area contributed by atoms with Gasteiger partial charge in [0.25, 0.3) is 15.9 Å². The Hall–Kier alpha value is -3.35. The molecule has 31 heavy (non-hydrogen) atoms. The van der Waals surface area contributed by atoms with Gasteiger partial charge in [-0.15, -0.1) is 6.58 Å². The highest BCUT2D eigenvalue weighted by atomic mass is 35.5. The normalized spacial score (nSPS) is 14.7. The molecule has 0 radical (unpaired) electrons. The van der Waals surface area contributed by atoms with E-state index in [1.807, 2.05) is 30.3 Å². The van der Waals surface area contributed by atoms with Crippen LogP contribution in [0, 0.1) is 0 Å². The standard InChI is InChI=1S/C24H19ClN2O3S/c1-2-16-27-21-11-7-6-10-20(21)22(17-8-4-3-5-9-17)23(31(27,29)30)24(28)26-19-14-12-18(25)13-15-19/h2-15H,1,16H2,(H,26,28). The maximum Gasteiger partial charge on any atom is 0.270 e. The molecule has 1 aliphatic rings. The molecule has 3 aromatic rings. The third kappa shape index (κ3) is 3.87. The maximum absolute atomic E-state index is 13.7. The minimum absolute atomic E-state index is 0.0408. The van der Waals surface area contributed by atoms with Crippen molar-refractivity contribution in [2.45, 2.75) is 0 Å². The summed E-state index contributed by atoms with van der Waals surface area (Å²) in [5.41, 5.74) is 2.61. The minimum atomic E-state index is -4.16. The lowest BCUT2D eigenvalue weighted by molar-refractivity contribution is -0.112. The molecule has 0 fully saturated rings. The highest BCUT2D eigenvalue weighted by Gasteiger charge is 2.40. The van der Waals surface area contributed by atoms with Crippen LogP contribution in [0.3, 0.4) is 0 Å². The molecule has 0 spiro atoms. The predicted octanol–water partition coefficient (Wildman–Crippen LogP) is 5.07. The molecule has 1 aliphatic heterocycles. The van der Waals surface area contributed by atoms with Crippen molar-refractivity contribution in [3.8, 4) is 0 Å². The number of fused-ring (bicyclic) bond motifs is 1. The summed E-state index contributed by atoms with van der Waals surface area (Å²) >= 11 is 5.92. The zero-order chi connectivity index (χ0) is 22.0. The van der Waals surface area contributed by atoms with Gasteiger partial charge in [0.15, 0.2) is 4.91 Å². The first-order chi connectivity index (χ1) is 14.9. The number of halogens is 1. The summed E-state index contributed by atoms with van der Waals surface area (Å²) in [6.45, 7) is 3.72. The van der Waals surface area contributed by atoms with E-state index >= 15 is 0 Å². The van der Waals surface area contributed by atoms with Crippen molar-refractivity contribution >= 4 is 44.5 Å². The molecular formula is C24H19ClN2O3S. The number of hydrogen-bond donors (Lipinski definition) is 1. The molecule has 1 N–H and O–H groups in total. The Morgan fingerprint density at radius 3 is 2.29 bits per heavy atom. The molecular weight excluding hydrogens is 432 g/mol. The molecule has 0 atom stereocenters. The highest BCUT2D eigenvalue weighted by molar-refractivity contribution is 7.97. The summed E-state index contributed by atoms with van der Waals surface area (Å²) in [4.78, 5) is 13.1. The number of rotatable bonds is 5. The predicted molar refractivity (Wildman–Crippen MR) is 125 cm³/mol. The van der Waals surface area contributed by atoms with Gasteiger partial charge in [-0.25, -0.2) is 8.42 Å². The maximum atomic E-state index is 13.7. The Kier molecular flexibility index (Phi) is 5.67. The Balaban J connectivity index is 1.97. The van der Waals surface area contributed by atoms with Crippen LogP contribution < -0.4 is 9.62 Å². The number of carbonyl (C=O) groups excluding carboxylic acids is 1. The lowest BCUT2D eigenvalue weighted by atomic mass is 9.95. The van der Waals surface area contributed by atoms with E-state index in [0.29, 0.717) is 33.1 Å². The first-order valence-electron chi connectivity index (χ1n) is 9.53. The molecule has 0 unspecified atom stereocenters. The van der Waals surface area contributed by atoms with Gasteiger partial charge in [-0.05, 0) is 35.9 Å². The SMILES string of the molecule is C=CCN1c2ccccc2C(c2ccccc2)=C(C(=O)Nc2ccc(Cl)cc2)S1(=O)=O. The topological polar surface area (TPSA) is 66.5 Å². The summed E-state index contributed by atoms with van der Waals surface area (Å²) in [6.07, 6.45) is 1.50.